The Morgan fingerprint density at radius 3 is 2.75 bits per heavy atom. The Morgan fingerprint density at radius 1 is 1.18 bits per heavy atom. The standard InChI is InChI=1S/C24H32N2O2/c1-18(2)22-10-9-19(3)15-23(22)28-17-24(27)25-12-6-13-26-14-11-20-7-4-5-8-21(20)16-26/h4-5,7-10,15,18H,6,11-14,16-17H2,1-3H3,(H,25,27). The van der Waals surface area contributed by atoms with E-state index in [2.05, 4.69) is 60.5 Å². The van der Waals surface area contributed by atoms with Crippen LogP contribution in [0.1, 0.15) is 48.4 Å². The number of nitrogens with one attached hydrogen (secondary N) is 1. The van der Waals surface area contributed by atoms with E-state index in [0.717, 1.165) is 49.4 Å². The van der Waals surface area contributed by atoms with E-state index in [-0.39, 0.29) is 12.5 Å². The van der Waals surface area contributed by atoms with Gasteiger partial charge in [0.2, 0.25) is 0 Å². The fraction of sp³-hybridized carbons (Fsp3) is 0.458. The molecular weight excluding hydrogens is 348 g/mol. The molecule has 1 N–H and O–H groups in total. The van der Waals surface area contributed by atoms with Gasteiger partial charge in [-0.3, -0.25) is 9.69 Å². The van der Waals surface area contributed by atoms with E-state index in [9.17, 15) is 4.79 Å². The number of rotatable bonds is 8. The molecule has 0 radical (unpaired) electrons. The SMILES string of the molecule is Cc1ccc(C(C)C)c(OCC(=O)NCCCN2CCc3ccccc3C2)c1. The van der Waals surface area contributed by atoms with Crippen LogP contribution in [0.15, 0.2) is 42.5 Å². The summed E-state index contributed by atoms with van der Waals surface area (Å²) in [5.41, 5.74) is 5.19. The number of amides is 1. The van der Waals surface area contributed by atoms with Crippen molar-refractivity contribution in [3.8, 4) is 5.75 Å². The minimum absolute atomic E-state index is 0.0554. The number of fused-ring (bicyclic) bond motifs is 1. The molecular formula is C24H32N2O2. The molecule has 28 heavy (non-hydrogen) atoms. The lowest BCUT2D eigenvalue weighted by Gasteiger charge is -2.28. The number of hydrogen-bond acceptors (Lipinski definition) is 3. The van der Waals surface area contributed by atoms with E-state index in [1.54, 1.807) is 0 Å². The second-order valence-electron chi connectivity index (χ2n) is 7.98. The first-order chi connectivity index (χ1) is 13.5. The summed E-state index contributed by atoms with van der Waals surface area (Å²) in [7, 11) is 0. The van der Waals surface area contributed by atoms with Crippen LogP contribution >= 0.6 is 0 Å². The topological polar surface area (TPSA) is 41.6 Å². The van der Waals surface area contributed by atoms with Crippen LogP contribution in [0.2, 0.25) is 0 Å². The molecule has 1 heterocycles. The molecule has 0 atom stereocenters. The van der Waals surface area contributed by atoms with Crippen molar-refractivity contribution in [2.24, 2.45) is 0 Å². The van der Waals surface area contributed by atoms with Crippen molar-refractivity contribution in [2.45, 2.75) is 46.1 Å². The summed E-state index contributed by atoms with van der Waals surface area (Å²) in [4.78, 5) is 14.6. The highest BCUT2D eigenvalue weighted by Gasteiger charge is 2.15. The lowest BCUT2D eigenvalue weighted by Crippen LogP contribution is -2.35. The molecule has 2 aromatic carbocycles. The lowest BCUT2D eigenvalue weighted by molar-refractivity contribution is -0.123. The second-order valence-corrected chi connectivity index (χ2v) is 7.98. The van der Waals surface area contributed by atoms with E-state index in [4.69, 9.17) is 4.74 Å². The van der Waals surface area contributed by atoms with Crippen molar-refractivity contribution >= 4 is 5.91 Å². The van der Waals surface area contributed by atoms with Crippen LogP contribution in [0.4, 0.5) is 0 Å². The zero-order valence-electron chi connectivity index (χ0n) is 17.3. The molecule has 0 saturated heterocycles. The monoisotopic (exact) mass is 380 g/mol. The van der Waals surface area contributed by atoms with Crippen LogP contribution in [0.3, 0.4) is 0 Å². The van der Waals surface area contributed by atoms with Crippen LogP contribution in [0.25, 0.3) is 0 Å². The smallest absolute Gasteiger partial charge is 0.257 e. The van der Waals surface area contributed by atoms with Gasteiger partial charge >= 0.3 is 0 Å². The van der Waals surface area contributed by atoms with Gasteiger partial charge in [0.1, 0.15) is 5.75 Å². The zero-order chi connectivity index (χ0) is 19.9. The molecule has 4 nitrogen and oxygen atoms in total. The van der Waals surface area contributed by atoms with Gasteiger partial charge in [-0.15, -0.1) is 0 Å². The average Bonchev–Trinajstić information content (AvgIpc) is 2.69. The Labute approximate surface area is 168 Å². The summed E-state index contributed by atoms with van der Waals surface area (Å²) in [5.74, 6) is 1.13. The lowest BCUT2D eigenvalue weighted by atomic mass is 10.00. The van der Waals surface area contributed by atoms with Gasteiger partial charge in [0.25, 0.3) is 5.91 Å². The van der Waals surface area contributed by atoms with Crippen molar-refractivity contribution in [2.75, 3.05) is 26.2 Å². The first-order valence-electron chi connectivity index (χ1n) is 10.3. The van der Waals surface area contributed by atoms with Crippen LogP contribution in [-0.4, -0.2) is 37.0 Å². The number of benzene rings is 2. The van der Waals surface area contributed by atoms with Crippen molar-refractivity contribution in [3.05, 3.63) is 64.7 Å². The second kappa shape index (κ2) is 9.74. The van der Waals surface area contributed by atoms with Gasteiger partial charge in [0, 0.05) is 26.2 Å². The fourth-order valence-corrected chi connectivity index (χ4v) is 3.71. The van der Waals surface area contributed by atoms with Crippen molar-refractivity contribution in [1.29, 1.82) is 0 Å². The normalized spacial score (nSPS) is 14.0. The summed E-state index contributed by atoms with van der Waals surface area (Å²) in [6.45, 7) is 10.2. The molecule has 0 fully saturated rings. The zero-order valence-corrected chi connectivity index (χ0v) is 17.3. The molecule has 1 aliphatic heterocycles. The third-order valence-electron chi connectivity index (χ3n) is 5.33. The first-order valence-corrected chi connectivity index (χ1v) is 10.3. The number of aryl methyl sites for hydroxylation is 1. The minimum Gasteiger partial charge on any atom is -0.483 e. The number of carbonyl (C=O) groups is 1. The predicted octanol–water partition coefficient (Wildman–Crippen LogP) is 4.06. The number of ether oxygens (including phenoxy) is 1. The summed E-state index contributed by atoms with van der Waals surface area (Å²) in [6, 6.07) is 14.9. The summed E-state index contributed by atoms with van der Waals surface area (Å²) in [5, 5.41) is 2.98. The molecule has 150 valence electrons. The highest BCUT2D eigenvalue weighted by atomic mass is 16.5. The third kappa shape index (κ3) is 5.59. The Kier molecular flexibility index (Phi) is 7.10. The van der Waals surface area contributed by atoms with Crippen molar-refractivity contribution in [3.63, 3.8) is 0 Å². The van der Waals surface area contributed by atoms with Gasteiger partial charge in [-0.05, 0) is 54.0 Å². The van der Waals surface area contributed by atoms with Gasteiger partial charge in [-0.2, -0.15) is 0 Å². The molecule has 0 aliphatic carbocycles. The van der Waals surface area contributed by atoms with Gasteiger partial charge in [0.15, 0.2) is 6.61 Å². The van der Waals surface area contributed by atoms with Crippen LogP contribution in [0, 0.1) is 6.92 Å². The number of nitrogens with zero attached hydrogens (tertiary/aromatic N) is 1. The van der Waals surface area contributed by atoms with Gasteiger partial charge in [0.05, 0.1) is 0 Å². The summed E-state index contributed by atoms with van der Waals surface area (Å²) < 4.78 is 5.80. The van der Waals surface area contributed by atoms with E-state index in [1.165, 1.54) is 11.1 Å². The van der Waals surface area contributed by atoms with Gasteiger partial charge in [-0.25, -0.2) is 0 Å². The molecule has 0 unspecified atom stereocenters. The number of carbonyl (C=O) groups excluding carboxylic acids is 1. The molecule has 0 spiro atoms. The Balaban J connectivity index is 1.37. The van der Waals surface area contributed by atoms with Crippen molar-refractivity contribution in [1.82, 2.24) is 10.2 Å². The third-order valence-corrected chi connectivity index (χ3v) is 5.33. The first kappa shape index (κ1) is 20.4. The Hall–Kier alpha value is -2.33. The average molecular weight is 381 g/mol. The van der Waals surface area contributed by atoms with Gasteiger partial charge in [-0.1, -0.05) is 50.2 Å². The maximum Gasteiger partial charge on any atom is 0.257 e. The number of hydrogen-bond donors (Lipinski definition) is 1. The van der Waals surface area contributed by atoms with E-state index in [1.807, 2.05) is 13.0 Å². The summed E-state index contributed by atoms with van der Waals surface area (Å²) >= 11 is 0. The maximum absolute atomic E-state index is 12.1. The summed E-state index contributed by atoms with van der Waals surface area (Å²) in [6.07, 6.45) is 2.07. The van der Waals surface area contributed by atoms with Crippen LogP contribution in [0.5, 0.6) is 5.75 Å². The minimum atomic E-state index is -0.0554. The maximum atomic E-state index is 12.1. The van der Waals surface area contributed by atoms with Crippen molar-refractivity contribution < 1.29 is 9.53 Å². The molecule has 1 amide bonds. The molecule has 4 heteroatoms. The molecule has 0 aromatic heterocycles. The molecule has 0 bridgehead atoms. The van der Waals surface area contributed by atoms with E-state index in [0.29, 0.717) is 12.5 Å². The quantitative estimate of drug-likeness (QED) is 0.702. The molecule has 1 aliphatic rings. The fourth-order valence-electron chi connectivity index (χ4n) is 3.71. The Morgan fingerprint density at radius 2 is 1.96 bits per heavy atom. The highest BCUT2D eigenvalue weighted by Crippen LogP contribution is 2.27. The van der Waals surface area contributed by atoms with E-state index < -0.39 is 0 Å². The van der Waals surface area contributed by atoms with Crippen LogP contribution < -0.4 is 10.1 Å². The molecule has 0 saturated carbocycles. The van der Waals surface area contributed by atoms with Crippen LogP contribution in [-0.2, 0) is 17.8 Å². The van der Waals surface area contributed by atoms with Gasteiger partial charge < -0.3 is 10.1 Å². The predicted molar refractivity (Wildman–Crippen MR) is 114 cm³/mol. The van der Waals surface area contributed by atoms with E-state index >= 15 is 0 Å². The Bertz CT molecular complexity index is 801. The highest BCUT2D eigenvalue weighted by molar-refractivity contribution is 5.77. The molecule has 3 rings (SSSR count). The molecule has 2 aromatic rings. The largest absolute Gasteiger partial charge is 0.483 e.